The van der Waals surface area contributed by atoms with Gasteiger partial charge in [0, 0.05) is 12.8 Å². The Bertz CT molecular complexity index is 726. The molecular formula is C22H30O5. The van der Waals surface area contributed by atoms with Gasteiger partial charge in [0.2, 0.25) is 0 Å². The molecule has 7 atom stereocenters. The first kappa shape index (κ1) is 18.7. The third-order valence-corrected chi connectivity index (χ3v) is 8.71. The van der Waals surface area contributed by atoms with Crippen molar-refractivity contribution in [1.29, 1.82) is 0 Å². The van der Waals surface area contributed by atoms with E-state index in [-0.39, 0.29) is 40.7 Å². The van der Waals surface area contributed by atoms with E-state index in [1.54, 1.807) is 0 Å². The molecule has 0 aromatic heterocycles. The summed E-state index contributed by atoms with van der Waals surface area (Å²) in [7, 11) is 0. The molecule has 2 bridgehead atoms. The highest BCUT2D eigenvalue weighted by Gasteiger charge is 2.66. The summed E-state index contributed by atoms with van der Waals surface area (Å²) in [6.45, 7) is 5.61. The van der Waals surface area contributed by atoms with Crippen LogP contribution in [0.2, 0.25) is 0 Å². The van der Waals surface area contributed by atoms with Crippen LogP contribution in [-0.4, -0.2) is 29.4 Å². The van der Waals surface area contributed by atoms with Crippen molar-refractivity contribution >= 4 is 18.2 Å². The van der Waals surface area contributed by atoms with Crippen LogP contribution in [0.3, 0.4) is 0 Å². The molecule has 0 aliphatic heterocycles. The highest BCUT2D eigenvalue weighted by molar-refractivity contribution is 5.77. The fraction of sp³-hybridized carbons (Fsp3) is 0.773. The van der Waals surface area contributed by atoms with Crippen molar-refractivity contribution in [3.63, 3.8) is 0 Å². The van der Waals surface area contributed by atoms with Crippen molar-refractivity contribution in [2.24, 2.45) is 34.0 Å². The maximum absolute atomic E-state index is 12.2. The average Bonchev–Trinajstić information content (AvgIpc) is 2.90. The lowest BCUT2D eigenvalue weighted by Crippen LogP contribution is -2.59. The van der Waals surface area contributed by atoms with Gasteiger partial charge in [0.05, 0.1) is 5.41 Å². The Kier molecular flexibility index (Phi) is 4.10. The molecule has 4 rings (SSSR count). The lowest BCUT2D eigenvalue weighted by Gasteiger charge is -2.63. The quantitative estimate of drug-likeness (QED) is 0.601. The third-order valence-electron chi connectivity index (χ3n) is 8.71. The summed E-state index contributed by atoms with van der Waals surface area (Å²) in [5, 5.41) is 10.00. The van der Waals surface area contributed by atoms with E-state index >= 15 is 0 Å². The summed E-state index contributed by atoms with van der Waals surface area (Å²) in [4.78, 5) is 35.6. The van der Waals surface area contributed by atoms with Gasteiger partial charge in [0.15, 0.2) is 0 Å². The molecule has 1 spiro atoms. The Labute approximate surface area is 160 Å². The van der Waals surface area contributed by atoms with Crippen molar-refractivity contribution in [1.82, 2.24) is 0 Å². The van der Waals surface area contributed by atoms with E-state index < -0.39 is 11.4 Å². The van der Waals surface area contributed by atoms with Gasteiger partial charge >= 0.3 is 11.9 Å². The zero-order chi connectivity index (χ0) is 19.6. The first-order valence-electron chi connectivity index (χ1n) is 10.2. The first-order valence-corrected chi connectivity index (χ1v) is 10.2. The van der Waals surface area contributed by atoms with Gasteiger partial charge in [-0.15, -0.1) is 0 Å². The SMILES string of the molecule is CC(=O)O[C@H]1C[C@@H]2[C@@]3(C=C(C=O)[C@@H]1C3)CC[C@H]1[C@@]2(C)CCC[C@@]1(C)C(=O)O. The van der Waals surface area contributed by atoms with Crippen LogP contribution in [0.25, 0.3) is 0 Å². The summed E-state index contributed by atoms with van der Waals surface area (Å²) in [5.74, 6) is -0.621. The van der Waals surface area contributed by atoms with E-state index in [0.29, 0.717) is 0 Å². The second-order valence-electron chi connectivity index (χ2n) is 9.92. The van der Waals surface area contributed by atoms with Crippen LogP contribution in [0, 0.1) is 34.0 Å². The lowest BCUT2D eigenvalue weighted by atomic mass is 9.41. The largest absolute Gasteiger partial charge is 0.481 e. The molecule has 0 heterocycles. The number of aliphatic carboxylic acids is 1. The van der Waals surface area contributed by atoms with Gasteiger partial charge in [0.25, 0.3) is 0 Å². The van der Waals surface area contributed by atoms with Crippen LogP contribution in [0.1, 0.15) is 65.7 Å². The van der Waals surface area contributed by atoms with Crippen molar-refractivity contribution in [3.8, 4) is 0 Å². The number of fused-ring (bicyclic) bond motifs is 3. The fourth-order valence-corrected chi connectivity index (χ4v) is 7.63. The molecule has 27 heavy (non-hydrogen) atoms. The van der Waals surface area contributed by atoms with Crippen LogP contribution < -0.4 is 0 Å². The number of esters is 1. The molecule has 5 nitrogen and oxygen atoms in total. The van der Waals surface area contributed by atoms with Crippen LogP contribution in [0.5, 0.6) is 0 Å². The zero-order valence-electron chi connectivity index (χ0n) is 16.5. The molecule has 0 amide bonds. The van der Waals surface area contributed by atoms with E-state index in [9.17, 15) is 19.5 Å². The van der Waals surface area contributed by atoms with E-state index in [0.717, 1.165) is 56.8 Å². The molecule has 0 radical (unpaired) electrons. The summed E-state index contributed by atoms with van der Waals surface area (Å²) < 4.78 is 5.67. The molecule has 1 N–H and O–H groups in total. The molecule has 3 saturated carbocycles. The highest BCUT2D eigenvalue weighted by Crippen LogP contribution is 2.70. The predicted octanol–water partition coefficient (Wildman–Crippen LogP) is 3.76. The number of hydrogen-bond donors (Lipinski definition) is 1. The number of carbonyl (C=O) groups is 3. The van der Waals surface area contributed by atoms with E-state index in [1.807, 2.05) is 6.92 Å². The van der Waals surface area contributed by atoms with Crippen LogP contribution >= 0.6 is 0 Å². The van der Waals surface area contributed by atoms with Crippen LogP contribution in [-0.2, 0) is 19.1 Å². The van der Waals surface area contributed by atoms with Gasteiger partial charge in [-0.1, -0.05) is 19.4 Å². The van der Waals surface area contributed by atoms with Gasteiger partial charge in [-0.2, -0.15) is 0 Å². The van der Waals surface area contributed by atoms with Gasteiger partial charge in [-0.25, -0.2) is 0 Å². The van der Waals surface area contributed by atoms with Crippen LogP contribution in [0.4, 0.5) is 0 Å². The monoisotopic (exact) mass is 374 g/mol. The molecule has 4 aliphatic carbocycles. The maximum Gasteiger partial charge on any atom is 0.309 e. The normalized spacial score (nSPS) is 48.0. The molecule has 4 aliphatic rings. The Morgan fingerprint density at radius 3 is 2.59 bits per heavy atom. The second kappa shape index (κ2) is 5.92. The number of carboxylic acids is 1. The summed E-state index contributed by atoms with van der Waals surface area (Å²) >= 11 is 0. The Hall–Kier alpha value is -1.65. The number of ether oxygens (including phenoxy) is 1. The van der Waals surface area contributed by atoms with Crippen molar-refractivity contribution in [2.75, 3.05) is 0 Å². The number of allylic oxidation sites excluding steroid dienone is 1. The third kappa shape index (κ3) is 2.46. The fourth-order valence-electron chi connectivity index (χ4n) is 7.63. The zero-order valence-corrected chi connectivity index (χ0v) is 16.5. The van der Waals surface area contributed by atoms with Gasteiger partial charge in [-0.3, -0.25) is 14.4 Å². The number of aldehydes is 1. The lowest BCUT2D eigenvalue weighted by molar-refractivity contribution is -0.187. The average molecular weight is 374 g/mol. The van der Waals surface area contributed by atoms with Crippen LogP contribution in [0.15, 0.2) is 11.6 Å². The molecule has 5 heteroatoms. The number of carboxylic acid groups (broad SMARTS) is 1. The van der Waals surface area contributed by atoms with Crippen molar-refractivity contribution in [3.05, 3.63) is 11.6 Å². The minimum Gasteiger partial charge on any atom is -0.481 e. The molecule has 0 saturated heterocycles. The predicted molar refractivity (Wildman–Crippen MR) is 98.8 cm³/mol. The molecule has 148 valence electrons. The first-order chi connectivity index (χ1) is 12.7. The number of rotatable bonds is 3. The molecule has 0 aromatic rings. The summed E-state index contributed by atoms with van der Waals surface area (Å²) in [6.07, 6.45) is 8.91. The van der Waals surface area contributed by atoms with E-state index in [1.165, 1.54) is 6.92 Å². The topological polar surface area (TPSA) is 80.7 Å². The molecule has 0 unspecified atom stereocenters. The minimum absolute atomic E-state index is 0.00255. The smallest absolute Gasteiger partial charge is 0.309 e. The van der Waals surface area contributed by atoms with Gasteiger partial charge in [-0.05, 0) is 73.7 Å². The van der Waals surface area contributed by atoms with Gasteiger partial charge in [0.1, 0.15) is 12.4 Å². The van der Waals surface area contributed by atoms with Gasteiger partial charge < -0.3 is 9.84 Å². The summed E-state index contributed by atoms with van der Waals surface area (Å²) in [5.41, 5.74) is -0.0674. The van der Waals surface area contributed by atoms with E-state index in [4.69, 9.17) is 4.74 Å². The standard InChI is InChI=1S/C22H30O5/c1-13(24)27-16-9-18-20(2)6-4-7-21(3,19(25)26)17(20)5-8-22(18)10-14(12-23)15(16)11-22/h10,12,15-18H,4-9,11H2,1-3H3,(H,25,26)/t15-,16-,17-,18-,20+,21+,22+/m0/s1. The Morgan fingerprint density at radius 1 is 1.22 bits per heavy atom. The van der Waals surface area contributed by atoms with Crippen molar-refractivity contribution < 1.29 is 24.2 Å². The van der Waals surface area contributed by atoms with E-state index in [2.05, 4.69) is 13.0 Å². The van der Waals surface area contributed by atoms with Crippen molar-refractivity contribution in [2.45, 2.75) is 71.8 Å². The number of carbonyl (C=O) groups excluding carboxylic acids is 2. The second-order valence-corrected chi connectivity index (χ2v) is 9.92. The molecule has 0 aromatic carbocycles. The number of hydrogen-bond acceptors (Lipinski definition) is 4. The Balaban J connectivity index is 1.77. The Morgan fingerprint density at radius 2 is 1.96 bits per heavy atom. The minimum atomic E-state index is -0.696. The summed E-state index contributed by atoms with van der Waals surface area (Å²) in [6, 6.07) is 0. The molecule has 3 fully saturated rings. The highest BCUT2D eigenvalue weighted by atomic mass is 16.5. The maximum atomic E-state index is 12.2. The molecular weight excluding hydrogens is 344 g/mol.